The van der Waals surface area contributed by atoms with Crippen LogP contribution < -0.4 is 18.3 Å². The van der Waals surface area contributed by atoms with Gasteiger partial charge in [-0.15, -0.1) is 0 Å². The molecule has 0 N–H and O–H groups in total. The summed E-state index contributed by atoms with van der Waals surface area (Å²) in [6.45, 7) is 8.55. The molecule has 0 bridgehead atoms. The van der Waals surface area contributed by atoms with Gasteiger partial charge in [-0.2, -0.15) is 0 Å². The van der Waals surface area contributed by atoms with Crippen LogP contribution in [0.2, 0.25) is 0 Å². The molecule has 0 radical (unpaired) electrons. The van der Waals surface area contributed by atoms with Crippen molar-refractivity contribution in [3.63, 3.8) is 0 Å². The van der Waals surface area contributed by atoms with Crippen LogP contribution in [0.3, 0.4) is 0 Å². The Balaban J connectivity index is 0.000000116. The molecule has 15 nitrogen and oxygen atoms in total. The molecular formula is C81H69N15+4. The molecule has 0 unspecified atom stereocenters. The highest BCUT2D eigenvalue weighted by Gasteiger charge is 2.24. The van der Waals surface area contributed by atoms with E-state index in [-0.39, 0.29) is 0 Å². The molecule has 15 heteroatoms. The highest BCUT2D eigenvalue weighted by Crippen LogP contribution is 2.36. The van der Waals surface area contributed by atoms with Crippen LogP contribution in [-0.4, -0.2) is 54.8 Å². The number of para-hydroxylation sites is 4. The van der Waals surface area contributed by atoms with E-state index in [0.29, 0.717) is 5.82 Å². The van der Waals surface area contributed by atoms with Gasteiger partial charge in [0.25, 0.3) is 25.3 Å². The van der Waals surface area contributed by atoms with Crippen molar-refractivity contribution in [1.29, 1.82) is 0 Å². The molecule has 0 saturated carbocycles. The van der Waals surface area contributed by atoms with Gasteiger partial charge in [-0.05, 0) is 148 Å². The molecule has 0 atom stereocenters. The summed E-state index contributed by atoms with van der Waals surface area (Å²) in [5, 5.41) is 4.48. The second kappa shape index (κ2) is 28.2. The van der Waals surface area contributed by atoms with Crippen molar-refractivity contribution in [3.8, 4) is 90.1 Å². The Kier molecular flexibility index (Phi) is 18.3. The fraction of sp³-hybridized carbons (Fsp3) is 0.0988. The number of aryl methyl sites for hydroxylation is 8. The minimum Gasteiger partial charge on any atom is -0.265 e. The number of benzene rings is 8. The molecule has 0 fully saturated rings. The van der Waals surface area contributed by atoms with Crippen LogP contribution in [0, 0.1) is 27.7 Å². The van der Waals surface area contributed by atoms with Gasteiger partial charge in [0.2, 0.25) is 0 Å². The van der Waals surface area contributed by atoms with Crippen molar-refractivity contribution in [2.75, 3.05) is 0 Å². The summed E-state index contributed by atoms with van der Waals surface area (Å²) in [4.78, 5) is 48.6. The lowest BCUT2D eigenvalue weighted by Gasteiger charge is -2.10. The van der Waals surface area contributed by atoms with E-state index in [1.54, 1.807) is 43.5 Å². The van der Waals surface area contributed by atoms with Gasteiger partial charge in [-0.3, -0.25) is 15.0 Å². The zero-order valence-corrected chi connectivity index (χ0v) is 54.7. The highest BCUT2D eigenvalue weighted by molar-refractivity contribution is 6.02. The highest BCUT2D eigenvalue weighted by atomic mass is 15.0. The summed E-state index contributed by atoms with van der Waals surface area (Å²) in [6, 6.07) is 66.5. The molecule has 96 heavy (non-hydrogen) atoms. The van der Waals surface area contributed by atoms with Crippen molar-refractivity contribution in [2.24, 2.45) is 28.2 Å². The third-order valence-electron chi connectivity index (χ3n) is 17.1. The third kappa shape index (κ3) is 12.8. The quantitative estimate of drug-likeness (QED) is 0.133. The zero-order valence-electron chi connectivity index (χ0n) is 54.7. The van der Waals surface area contributed by atoms with Crippen LogP contribution >= 0.6 is 0 Å². The number of fused-ring (bicyclic) bond motifs is 4. The van der Waals surface area contributed by atoms with E-state index >= 15 is 0 Å². The van der Waals surface area contributed by atoms with E-state index < -0.39 is 0 Å². The Morgan fingerprint density at radius 2 is 0.615 bits per heavy atom. The number of nitrogens with zero attached hydrogens (tertiary/aromatic N) is 15. The van der Waals surface area contributed by atoms with Gasteiger partial charge in [0.05, 0.1) is 84.0 Å². The van der Waals surface area contributed by atoms with Crippen LogP contribution in [0.4, 0.5) is 0 Å². The summed E-state index contributed by atoms with van der Waals surface area (Å²) in [6.07, 6.45) is 23.1. The number of hydrogen-bond donors (Lipinski definition) is 0. The Labute approximate surface area is 557 Å². The van der Waals surface area contributed by atoms with Crippen molar-refractivity contribution < 1.29 is 18.3 Å². The van der Waals surface area contributed by atoms with Crippen LogP contribution in [0.25, 0.3) is 134 Å². The molecule has 0 saturated heterocycles. The van der Waals surface area contributed by atoms with E-state index in [9.17, 15) is 0 Å². The molecule has 0 amide bonds. The minimum absolute atomic E-state index is 0.695. The molecule has 0 aliphatic heterocycles. The molecule has 464 valence electrons. The Morgan fingerprint density at radius 3 is 1.01 bits per heavy atom. The summed E-state index contributed by atoms with van der Waals surface area (Å²) in [5.74, 6) is 0.695. The largest absolute Gasteiger partial charge is 0.287 e. The predicted octanol–water partition coefficient (Wildman–Crippen LogP) is 14.6. The van der Waals surface area contributed by atoms with Gasteiger partial charge in [0.15, 0.2) is 27.9 Å². The molecule has 8 aromatic carbocycles. The molecule has 8 heterocycles. The van der Waals surface area contributed by atoms with Crippen molar-refractivity contribution in [1.82, 2.24) is 54.8 Å². The summed E-state index contributed by atoms with van der Waals surface area (Å²) in [7, 11) is 8.14. The molecule has 16 aromatic rings. The number of aromatic nitrogens is 15. The summed E-state index contributed by atoms with van der Waals surface area (Å²) >= 11 is 0. The fourth-order valence-electron chi connectivity index (χ4n) is 12.4. The second-order valence-corrected chi connectivity index (χ2v) is 23.4. The first-order valence-electron chi connectivity index (χ1n) is 31.6. The van der Waals surface area contributed by atoms with E-state index in [4.69, 9.17) is 4.98 Å². The monoisotopic (exact) mass is 1250 g/mol. The lowest BCUT2D eigenvalue weighted by Crippen LogP contribution is -2.31. The molecule has 0 aliphatic carbocycles. The summed E-state index contributed by atoms with van der Waals surface area (Å²) < 4.78 is 8.32. The van der Waals surface area contributed by atoms with Gasteiger partial charge >= 0.3 is 0 Å². The average molecular weight is 1250 g/mol. The Bertz CT molecular complexity index is 4780. The third-order valence-corrected chi connectivity index (χ3v) is 17.1. The van der Waals surface area contributed by atoms with Crippen LogP contribution in [0.15, 0.2) is 275 Å². The molecule has 8 aromatic heterocycles. The van der Waals surface area contributed by atoms with Crippen LogP contribution in [-0.2, 0) is 28.2 Å². The lowest BCUT2D eigenvalue weighted by atomic mass is 9.98. The maximum Gasteiger partial charge on any atom is 0.287 e. The molecular weight excluding hydrogens is 1180 g/mol. The van der Waals surface area contributed by atoms with Crippen molar-refractivity contribution >= 4 is 43.6 Å². The normalized spacial score (nSPS) is 10.9. The first-order valence-corrected chi connectivity index (χ1v) is 31.6. The molecule has 0 spiro atoms. The van der Waals surface area contributed by atoms with E-state index in [2.05, 4.69) is 247 Å². The van der Waals surface area contributed by atoms with Crippen LogP contribution in [0.5, 0.6) is 0 Å². The lowest BCUT2D eigenvalue weighted by molar-refractivity contribution is -0.662. The Morgan fingerprint density at radius 1 is 0.250 bits per heavy atom. The van der Waals surface area contributed by atoms with E-state index in [1.807, 2.05) is 108 Å². The zero-order chi connectivity index (χ0) is 66.1. The van der Waals surface area contributed by atoms with Gasteiger partial charge in [0.1, 0.15) is 29.1 Å². The topological polar surface area (TPSA) is 157 Å². The van der Waals surface area contributed by atoms with Gasteiger partial charge in [-0.1, -0.05) is 121 Å². The Hall–Kier alpha value is -12.5. The fourth-order valence-corrected chi connectivity index (χ4v) is 12.4. The smallest absolute Gasteiger partial charge is 0.265 e. The van der Waals surface area contributed by atoms with Gasteiger partial charge in [-0.25, -0.2) is 38.2 Å². The first-order chi connectivity index (χ1) is 47.0. The number of hydrogen-bond acceptors (Lipinski definition) is 11. The molecule has 16 rings (SSSR count). The molecule has 0 aliphatic rings. The van der Waals surface area contributed by atoms with Crippen molar-refractivity contribution in [2.45, 2.75) is 27.7 Å². The van der Waals surface area contributed by atoms with Crippen LogP contribution in [0.1, 0.15) is 22.3 Å². The van der Waals surface area contributed by atoms with Gasteiger partial charge < -0.3 is 0 Å². The predicted molar refractivity (Wildman–Crippen MR) is 379 cm³/mol. The number of pyridine rings is 1. The van der Waals surface area contributed by atoms with Gasteiger partial charge in [0, 0.05) is 71.2 Å². The average Bonchev–Trinajstić information content (AvgIpc) is 0.896. The van der Waals surface area contributed by atoms with E-state index in [0.717, 1.165) is 99.9 Å². The number of rotatable bonds is 8. The summed E-state index contributed by atoms with van der Waals surface area (Å²) in [5.41, 5.74) is 25.3. The standard InChI is InChI=1S/C21H18N3.3C20H17N4/c1-15-6-3-4-7-17(15)21-19-9-5-8-18(16-10-12-22-13-11-16)20(19)23-14-24(21)2;1-14-7-3-4-8-15(14)19-16-9-5-10-17(18(16)23-13-24(19)2)20-21-11-6-12-22-20;1-14-6-3-4-7-15(14)20-17-9-5-8-16(18-12-21-10-11-22-18)19(17)23-13-24(20)2;1-14-6-3-4-7-15(14)20-17-9-5-8-16(18-10-11-21-12-22-18)19(17)23-13-24(20)2/h3-14H,1-2H3;3*3-13H,1-2H3/q4*+1. The maximum atomic E-state index is 4.72. The maximum absolute atomic E-state index is 4.72. The SMILES string of the molecule is Cc1ccccc1-c1c2cccc(-c3ccncc3)c2nc[n+]1C.Cc1ccccc1-c1c2cccc(-c3ccncn3)c2nc[n+]1C.Cc1ccccc1-c1c2cccc(-c3cnccn3)c2nc[n+]1C.Cc1ccccc1-c1c2cccc(-c3ncccn3)c2nc[n+]1C. The second-order valence-electron chi connectivity index (χ2n) is 23.4. The van der Waals surface area contributed by atoms with E-state index in [1.165, 1.54) is 50.2 Å². The van der Waals surface area contributed by atoms with Crippen molar-refractivity contribution in [3.05, 3.63) is 298 Å². The first kappa shape index (κ1) is 62.3. The minimum atomic E-state index is 0.695.